The minimum atomic E-state index is -1.06. The number of fused-ring (bicyclic) bond motifs is 1. The number of carboxylic acid groups (broad SMARTS) is 1. The van der Waals surface area contributed by atoms with E-state index in [0.29, 0.717) is 18.0 Å². The molecule has 1 heterocycles. The Balaban J connectivity index is 1.25. The van der Waals surface area contributed by atoms with E-state index in [2.05, 4.69) is 5.32 Å². The second-order valence-corrected chi connectivity index (χ2v) is 8.13. The average molecular weight is 485 g/mol. The lowest BCUT2D eigenvalue weighted by molar-refractivity contribution is 0.0694. The van der Waals surface area contributed by atoms with Gasteiger partial charge in [-0.05, 0) is 60.9 Å². The summed E-state index contributed by atoms with van der Waals surface area (Å²) in [5.74, 6) is -1.72. The molecule has 9 heteroatoms. The van der Waals surface area contributed by atoms with Crippen LogP contribution in [0.5, 0.6) is 23.0 Å². The minimum absolute atomic E-state index is 0.0826. The maximum absolute atomic E-state index is 13.6. The molecule has 0 spiro atoms. The summed E-state index contributed by atoms with van der Waals surface area (Å²) in [7, 11) is 0. The molecule has 3 aromatic carbocycles. The number of halogens is 2. The van der Waals surface area contributed by atoms with Crippen LogP contribution in [0.15, 0.2) is 60.7 Å². The number of aliphatic hydroxyl groups excluding tert-OH is 1. The lowest BCUT2D eigenvalue weighted by atomic mass is 10.0. The minimum Gasteiger partial charge on any atom is -0.489 e. The van der Waals surface area contributed by atoms with Gasteiger partial charge in [-0.1, -0.05) is 18.2 Å². The molecule has 0 amide bonds. The number of carbonyl (C=O) groups is 1. The van der Waals surface area contributed by atoms with E-state index in [1.807, 2.05) is 6.07 Å². The average Bonchev–Trinajstić information content (AvgIpc) is 2.84. The first-order valence-electron chi connectivity index (χ1n) is 11.2. The lowest BCUT2D eigenvalue weighted by Crippen LogP contribution is -2.39. The Morgan fingerprint density at radius 1 is 1.11 bits per heavy atom. The molecular formula is C26H25F2NO6. The Morgan fingerprint density at radius 3 is 2.66 bits per heavy atom. The Labute approximate surface area is 200 Å². The van der Waals surface area contributed by atoms with Crippen LogP contribution in [-0.4, -0.2) is 48.1 Å². The van der Waals surface area contributed by atoms with Gasteiger partial charge in [0, 0.05) is 13.1 Å². The fourth-order valence-electron chi connectivity index (χ4n) is 3.76. The van der Waals surface area contributed by atoms with Crippen molar-refractivity contribution in [3.05, 3.63) is 83.4 Å². The lowest BCUT2D eigenvalue weighted by Gasteiger charge is -2.27. The number of hydrogen-bond acceptors (Lipinski definition) is 6. The van der Waals surface area contributed by atoms with Crippen LogP contribution in [0.25, 0.3) is 0 Å². The summed E-state index contributed by atoms with van der Waals surface area (Å²) >= 11 is 0. The Bertz CT molecular complexity index is 1170. The zero-order chi connectivity index (χ0) is 24.8. The standard InChI is InChI=1S/C26H25F2NO6/c27-21-5-3-6-22(28)25(21)33-15-17(30)13-29-14-19-9-8-16-12-18(10-11-23(16)35-19)34-24-7-2-1-4-20(24)26(31)32/h1-7,10-12,17,19,29-30H,8-9,13-15H2,(H,31,32)/t17-,19+/m0/s1. The van der Waals surface area contributed by atoms with E-state index in [0.717, 1.165) is 30.5 Å². The van der Waals surface area contributed by atoms with Gasteiger partial charge in [0.1, 0.15) is 41.6 Å². The van der Waals surface area contributed by atoms with Crippen LogP contribution in [0, 0.1) is 11.6 Å². The number of nitrogens with one attached hydrogen (secondary N) is 1. The highest BCUT2D eigenvalue weighted by molar-refractivity contribution is 5.90. The Hall–Kier alpha value is -3.69. The van der Waals surface area contributed by atoms with Crippen molar-refractivity contribution in [3.63, 3.8) is 0 Å². The molecule has 0 radical (unpaired) electrons. The van der Waals surface area contributed by atoms with Crippen molar-refractivity contribution in [1.82, 2.24) is 5.32 Å². The quantitative estimate of drug-likeness (QED) is 0.396. The summed E-state index contributed by atoms with van der Waals surface area (Å²) in [6.45, 7) is 0.375. The molecule has 7 nitrogen and oxygen atoms in total. The van der Waals surface area contributed by atoms with Crippen LogP contribution in [0.2, 0.25) is 0 Å². The summed E-state index contributed by atoms with van der Waals surface area (Å²) < 4.78 is 44.1. The summed E-state index contributed by atoms with van der Waals surface area (Å²) in [4.78, 5) is 11.4. The summed E-state index contributed by atoms with van der Waals surface area (Å²) in [5, 5.41) is 22.5. The van der Waals surface area contributed by atoms with Gasteiger partial charge in [0.15, 0.2) is 17.4 Å². The summed E-state index contributed by atoms with van der Waals surface area (Å²) in [5.41, 5.74) is 1.03. The molecule has 4 rings (SSSR count). The van der Waals surface area contributed by atoms with Gasteiger partial charge in [-0.2, -0.15) is 0 Å². The van der Waals surface area contributed by atoms with E-state index in [9.17, 15) is 23.8 Å². The number of hydrogen-bond donors (Lipinski definition) is 3. The third kappa shape index (κ3) is 6.26. The topological polar surface area (TPSA) is 97.3 Å². The molecule has 0 unspecified atom stereocenters. The normalized spacial score (nSPS) is 15.6. The van der Waals surface area contributed by atoms with E-state index >= 15 is 0 Å². The van der Waals surface area contributed by atoms with Crippen molar-refractivity contribution in [1.29, 1.82) is 0 Å². The Kier molecular flexibility index (Phi) is 7.79. The van der Waals surface area contributed by atoms with Crippen molar-refractivity contribution in [2.45, 2.75) is 25.0 Å². The van der Waals surface area contributed by atoms with Gasteiger partial charge in [0.25, 0.3) is 0 Å². The second-order valence-electron chi connectivity index (χ2n) is 8.13. The van der Waals surface area contributed by atoms with Crippen molar-refractivity contribution in [2.24, 2.45) is 0 Å². The summed E-state index contributed by atoms with van der Waals surface area (Å²) in [6.07, 6.45) is 0.372. The first-order valence-corrected chi connectivity index (χ1v) is 11.2. The third-order valence-corrected chi connectivity index (χ3v) is 5.50. The van der Waals surface area contributed by atoms with E-state index in [4.69, 9.17) is 14.2 Å². The van der Waals surface area contributed by atoms with Crippen molar-refractivity contribution < 1.29 is 38.0 Å². The highest BCUT2D eigenvalue weighted by Gasteiger charge is 2.21. The van der Waals surface area contributed by atoms with Crippen LogP contribution in [0.4, 0.5) is 8.78 Å². The highest BCUT2D eigenvalue weighted by atomic mass is 19.1. The third-order valence-electron chi connectivity index (χ3n) is 5.50. The Morgan fingerprint density at radius 2 is 1.89 bits per heavy atom. The van der Waals surface area contributed by atoms with E-state index in [1.165, 1.54) is 12.1 Å². The van der Waals surface area contributed by atoms with Crippen LogP contribution in [0.1, 0.15) is 22.3 Å². The summed E-state index contributed by atoms with van der Waals surface area (Å²) in [6, 6.07) is 15.2. The predicted molar refractivity (Wildman–Crippen MR) is 123 cm³/mol. The number of rotatable bonds is 10. The molecule has 0 fully saturated rings. The first-order chi connectivity index (χ1) is 16.9. The molecular weight excluding hydrogens is 460 g/mol. The van der Waals surface area contributed by atoms with Gasteiger partial charge < -0.3 is 29.7 Å². The van der Waals surface area contributed by atoms with Gasteiger partial charge in [-0.3, -0.25) is 0 Å². The van der Waals surface area contributed by atoms with Gasteiger partial charge in [0.05, 0.1) is 0 Å². The molecule has 3 N–H and O–H groups in total. The first kappa shape index (κ1) is 24.4. The van der Waals surface area contributed by atoms with E-state index in [1.54, 1.807) is 30.3 Å². The molecule has 2 atom stereocenters. The molecule has 35 heavy (non-hydrogen) atoms. The molecule has 0 bridgehead atoms. The fraction of sp³-hybridized carbons (Fsp3) is 0.269. The smallest absolute Gasteiger partial charge is 0.339 e. The van der Waals surface area contributed by atoms with Crippen molar-refractivity contribution in [2.75, 3.05) is 19.7 Å². The number of benzene rings is 3. The molecule has 3 aromatic rings. The molecule has 184 valence electrons. The van der Waals surface area contributed by atoms with Crippen molar-refractivity contribution in [3.8, 4) is 23.0 Å². The number of ether oxygens (including phenoxy) is 3. The number of para-hydroxylation sites is 2. The van der Waals surface area contributed by atoms with Gasteiger partial charge in [-0.15, -0.1) is 0 Å². The van der Waals surface area contributed by atoms with Gasteiger partial charge in [0.2, 0.25) is 0 Å². The van der Waals surface area contributed by atoms with E-state index in [-0.39, 0.29) is 30.6 Å². The van der Waals surface area contributed by atoms with Gasteiger partial charge in [-0.25, -0.2) is 13.6 Å². The zero-order valence-electron chi connectivity index (χ0n) is 18.7. The molecule has 0 aliphatic carbocycles. The molecule has 1 aliphatic heterocycles. The zero-order valence-corrected chi connectivity index (χ0v) is 18.7. The number of aliphatic hydroxyl groups is 1. The van der Waals surface area contributed by atoms with Gasteiger partial charge >= 0.3 is 5.97 Å². The number of aryl methyl sites for hydroxylation is 1. The van der Waals surface area contributed by atoms with Crippen LogP contribution in [0.3, 0.4) is 0 Å². The fourth-order valence-corrected chi connectivity index (χ4v) is 3.76. The molecule has 0 saturated heterocycles. The molecule has 0 saturated carbocycles. The number of carboxylic acids is 1. The highest BCUT2D eigenvalue weighted by Crippen LogP contribution is 2.33. The SMILES string of the molecule is O=C(O)c1ccccc1Oc1ccc2c(c1)CC[C@H](CNC[C@H](O)COc1c(F)cccc1F)O2. The number of aromatic carboxylic acids is 1. The van der Waals surface area contributed by atoms with Crippen molar-refractivity contribution >= 4 is 5.97 Å². The molecule has 0 aromatic heterocycles. The maximum atomic E-state index is 13.6. The largest absolute Gasteiger partial charge is 0.489 e. The maximum Gasteiger partial charge on any atom is 0.339 e. The second kappa shape index (κ2) is 11.2. The monoisotopic (exact) mass is 485 g/mol. The predicted octanol–water partition coefficient (Wildman–Crippen LogP) is 4.18. The molecule has 1 aliphatic rings. The van der Waals surface area contributed by atoms with E-state index < -0.39 is 29.5 Å². The van der Waals surface area contributed by atoms with Crippen LogP contribution in [-0.2, 0) is 6.42 Å². The van der Waals surface area contributed by atoms with Crippen LogP contribution >= 0.6 is 0 Å². The van der Waals surface area contributed by atoms with Crippen LogP contribution < -0.4 is 19.5 Å².